The summed E-state index contributed by atoms with van der Waals surface area (Å²) in [7, 11) is 0. The first-order valence-electron chi connectivity index (χ1n) is 7.51. The van der Waals surface area contributed by atoms with Gasteiger partial charge in [0.05, 0.1) is 15.5 Å². The molecule has 0 aliphatic carbocycles. The molecule has 2 amide bonds. The van der Waals surface area contributed by atoms with Crippen LogP contribution in [0.5, 0.6) is 5.75 Å². The summed E-state index contributed by atoms with van der Waals surface area (Å²) in [6, 6.07) is 8.82. The van der Waals surface area contributed by atoms with Crippen molar-refractivity contribution in [1.29, 1.82) is 0 Å². The van der Waals surface area contributed by atoms with Crippen LogP contribution in [0.25, 0.3) is 0 Å². The van der Waals surface area contributed by atoms with Crippen molar-refractivity contribution in [2.75, 3.05) is 6.61 Å². The lowest BCUT2D eigenvalue weighted by Gasteiger charge is -2.10. The number of benzene rings is 2. The molecule has 0 saturated heterocycles. The second kappa shape index (κ2) is 8.30. The quantitative estimate of drug-likeness (QED) is 0.614. The molecule has 2 N–H and O–H groups in total. The van der Waals surface area contributed by atoms with Crippen molar-refractivity contribution in [2.24, 2.45) is 0 Å². The number of carbonyl (C=O) groups is 2. The van der Waals surface area contributed by atoms with Crippen LogP contribution in [-0.4, -0.2) is 23.3 Å². The van der Waals surface area contributed by atoms with Gasteiger partial charge in [-0.2, -0.15) is 0 Å². The van der Waals surface area contributed by atoms with Gasteiger partial charge in [0.1, 0.15) is 5.75 Å². The summed E-state index contributed by atoms with van der Waals surface area (Å²) in [6.45, 7) is 3.60. The third kappa shape index (κ3) is 4.93. The van der Waals surface area contributed by atoms with Gasteiger partial charge in [0.2, 0.25) is 0 Å². The molecule has 0 radical (unpaired) electrons. The smallest absolute Gasteiger partial charge is 0.276 e. The molecule has 2 rings (SSSR count). The molecular formula is C17H16ClN3O5. The number of nitro groups is 1. The number of ether oxygens (including phenoxy) is 1. The first-order valence-corrected chi connectivity index (χ1v) is 7.89. The van der Waals surface area contributed by atoms with Crippen molar-refractivity contribution < 1.29 is 19.2 Å². The number of non-ortho nitro benzene ring substituents is 1. The maximum Gasteiger partial charge on any atom is 0.276 e. The Hall–Kier alpha value is -3.13. The SMILES string of the molecule is Cc1ccc(OCC(=O)NNC(=O)c2ccc([N+](=O)[O-])cc2Cl)cc1C. The number of aryl methyl sites for hydroxylation is 2. The van der Waals surface area contributed by atoms with E-state index in [1.54, 1.807) is 12.1 Å². The van der Waals surface area contributed by atoms with Crippen LogP contribution in [0.4, 0.5) is 5.69 Å². The predicted molar refractivity (Wildman–Crippen MR) is 95.1 cm³/mol. The maximum absolute atomic E-state index is 12.0. The molecule has 0 saturated carbocycles. The van der Waals surface area contributed by atoms with Gasteiger partial charge in [-0.15, -0.1) is 0 Å². The number of amides is 2. The zero-order valence-electron chi connectivity index (χ0n) is 14.0. The molecular weight excluding hydrogens is 362 g/mol. The molecule has 0 spiro atoms. The summed E-state index contributed by atoms with van der Waals surface area (Å²) < 4.78 is 5.34. The highest BCUT2D eigenvalue weighted by molar-refractivity contribution is 6.34. The lowest BCUT2D eigenvalue weighted by atomic mass is 10.1. The van der Waals surface area contributed by atoms with E-state index < -0.39 is 16.7 Å². The van der Waals surface area contributed by atoms with Crippen LogP contribution in [0.3, 0.4) is 0 Å². The van der Waals surface area contributed by atoms with E-state index in [9.17, 15) is 19.7 Å². The first-order chi connectivity index (χ1) is 12.3. The van der Waals surface area contributed by atoms with Crippen molar-refractivity contribution in [2.45, 2.75) is 13.8 Å². The first kappa shape index (κ1) is 19.2. The molecule has 26 heavy (non-hydrogen) atoms. The standard InChI is InChI=1S/C17H16ClN3O5/c1-10-3-5-13(7-11(10)2)26-9-16(22)19-20-17(23)14-6-4-12(21(24)25)8-15(14)18/h3-8H,9H2,1-2H3,(H,19,22)(H,20,23). The van der Waals surface area contributed by atoms with E-state index in [-0.39, 0.29) is 22.9 Å². The Morgan fingerprint density at radius 2 is 1.85 bits per heavy atom. The minimum Gasteiger partial charge on any atom is -0.484 e. The number of nitrogens with one attached hydrogen (secondary N) is 2. The minimum atomic E-state index is -0.704. The topological polar surface area (TPSA) is 111 Å². The molecule has 2 aromatic carbocycles. The number of hydrogen-bond donors (Lipinski definition) is 2. The summed E-state index contributed by atoms with van der Waals surface area (Å²) in [6.07, 6.45) is 0. The van der Waals surface area contributed by atoms with Crippen molar-refractivity contribution in [1.82, 2.24) is 10.9 Å². The van der Waals surface area contributed by atoms with Gasteiger partial charge < -0.3 is 4.74 Å². The molecule has 2 aromatic rings. The molecule has 0 aliphatic rings. The van der Waals surface area contributed by atoms with Crippen LogP contribution in [-0.2, 0) is 4.79 Å². The molecule has 0 fully saturated rings. The zero-order valence-corrected chi connectivity index (χ0v) is 14.8. The summed E-state index contributed by atoms with van der Waals surface area (Å²) in [5.74, 6) is -0.743. The Bertz CT molecular complexity index is 869. The van der Waals surface area contributed by atoms with Gasteiger partial charge in [0, 0.05) is 12.1 Å². The van der Waals surface area contributed by atoms with Gasteiger partial charge in [-0.25, -0.2) is 0 Å². The molecule has 0 bridgehead atoms. The van der Waals surface area contributed by atoms with Crippen molar-refractivity contribution in [3.63, 3.8) is 0 Å². The number of rotatable bonds is 5. The highest BCUT2D eigenvalue weighted by Gasteiger charge is 2.15. The van der Waals surface area contributed by atoms with Crippen LogP contribution in [0.1, 0.15) is 21.5 Å². The van der Waals surface area contributed by atoms with Gasteiger partial charge in [0.15, 0.2) is 6.61 Å². The van der Waals surface area contributed by atoms with Gasteiger partial charge in [-0.05, 0) is 43.2 Å². The van der Waals surface area contributed by atoms with E-state index >= 15 is 0 Å². The predicted octanol–water partition coefficient (Wildman–Crippen LogP) is 2.71. The summed E-state index contributed by atoms with van der Waals surface area (Å²) >= 11 is 5.85. The Labute approximate surface area is 154 Å². The second-order valence-electron chi connectivity index (χ2n) is 5.46. The van der Waals surface area contributed by atoms with Gasteiger partial charge in [-0.1, -0.05) is 17.7 Å². The van der Waals surface area contributed by atoms with Crippen LogP contribution in [0.15, 0.2) is 36.4 Å². The lowest BCUT2D eigenvalue weighted by molar-refractivity contribution is -0.384. The lowest BCUT2D eigenvalue weighted by Crippen LogP contribution is -2.43. The molecule has 9 heteroatoms. The summed E-state index contributed by atoms with van der Waals surface area (Å²) in [4.78, 5) is 33.8. The van der Waals surface area contributed by atoms with E-state index in [1.807, 2.05) is 19.9 Å². The molecule has 8 nitrogen and oxygen atoms in total. The molecule has 136 valence electrons. The average Bonchev–Trinajstić information content (AvgIpc) is 2.60. The molecule has 0 heterocycles. The van der Waals surface area contributed by atoms with E-state index in [4.69, 9.17) is 16.3 Å². The van der Waals surface area contributed by atoms with Crippen LogP contribution in [0.2, 0.25) is 5.02 Å². The number of hydrogen-bond acceptors (Lipinski definition) is 5. The second-order valence-corrected chi connectivity index (χ2v) is 5.87. The zero-order chi connectivity index (χ0) is 19.3. The average molecular weight is 378 g/mol. The van der Waals surface area contributed by atoms with Crippen LogP contribution >= 0.6 is 11.6 Å². The third-order valence-electron chi connectivity index (χ3n) is 3.57. The fraction of sp³-hybridized carbons (Fsp3) is 0.176. The van der Waals surface area contributed by atoms with Crippen LogP contribution < -0.4 is 15.6 Å². The fourth-order valence-corrected chi connectivity index (χ4v) is 2.24. The number of halogens is 1. The van der Waals surface area contributed by atoms with E-state index in [0.717, 1.165) is 23.3 Å². The van der Waals surface area contributed by atoms with Gasteiger partial charge >= 0.3 is 0 Å². The number of nitro benzene ring substituents is 1. The van der Waals surface area contributed by atoms with Crippen LogP contribution in [0, 0.1) is 24.0 Å². The van der Waals surface area contributed by atoms with Gasteiger partial charge in [0.25, 0.3) is 17.5 Å². The third-order valence-corrected chi connectivity index (χ3v) is 3.88. The van der Waals surface area contributed by atoms with Crippen molar-refractivity contribution in [3.8, 4) is 5.75 Å². The highest BCUT2D eigenvalue weighted by atomic mass is 35.5. The van der Waals surface area contributed by atoms with E-state index in [2.05, 4.69) is 10.9 Å². The summed E-state index contributed by atoms with van der Waals surface area (Å²) in [5, 5.41) is 10.6. The molecule has 0 atom stereocenters. The fourth-order valence-electron chi connectivity index (χ4n) is 1.98. The highest BCUT2D eigenvalue weighted by Crippen LogP contribution is 2.22. The van der Waals surface area contributed by atoms with Crippen molar-refractivity contribution >= 4 is 29.1 Å². The maximum atomic E-state index is 12.0. The molecule has 0 aliphatic heterocycles. The summed E-state index contributed by atoms with van der Waals surface area (Å²) in [5.41, 5.74) is 6.25. The minimum absolute atomic E-state index is 0.00681. The van der Waals surface area contributed by atoms with E-state index in [0.29, 0.717) is 5.75 Å². The number of carbonyl (C=O) groups excluding carboxylic acids is 2. The Morgan fingerprint density at radius 1 is 1.12 bits per heavy atom. The monoisotopic (exact) mass is 377 g/mol. The van der Waals surface area contributed by atoms with Gasteiger partial charge in [-0.3, -0.25) is 30.6 Å². The molecule has 0 aromatic heterocycles. The molecule has 0 unspecified atom stereocenters. The number of nitrogens with zero attached hydrogens (tertiary/aromatic N) is 1. The largest absolute Gasteiger partial charge is 0.484 e. The Kier molecular flexibility index (Phi) is 6.13. The Balaban J connectivity index is 1.87. The van der Waals surface area contributed by atoms with Crippen molar-refractivity contribution in [3.05, 3.63) is 68.2 Å². The normalized spacial score (nSPS) is 10.1. The van der Waals surface area contributed by atoms with E-state index in [1.165, 1.54) is 6.07 Å². The number of hydrazine groups is 1. The Morgan fingerprint density at radius 3 is 2.46 bits per heavy atom.